The van der Waals surface area contributed by atoms with Crippen LogP contribution in [0.3, 0.4) is 0 Å². The number of benzene rings is 4. The first-order valence-corrected chi connectivity index (χ1v) is 21.3. The summed E-state index contributed by atoms with van der Waals surface area (Å²) in [5.41, 5.74) is 14.6. The molecular formula is C41H42Br2Zr. The van der Waals surface area contributed by atoms with E-state index >= 15 is 0 Å². The maximum absolute atomic E-state index is 3.83. The Kier molecular flexibility index (Phi) is 8.75. The molecule has 0 aromatic heterocycles. The first kappa shape index (κ1) is 32.0. The Hall–Kier alpha value is -1.93. The molecule has 0 unspecified atom stereocenters. The van der Waals surface area contributed by atoms with Gasteiger partial charge in [-0.15, -0.1) is 0 Å². The summed E-state index contributed by atoms with van der Waals surface area (Å²) in [5, 5.41) is 0. The Labute approximate surface area is 289 Å². The van der Waals surface area contributed by atoms with Gasteiger partial charge in [-0.3, -0.25) is 0 Å². The van der Waals surface area contributed by atoms with Crippen LogP contribution in [-0.2, 0) is 32.1 Å². The van der Waals surface area contributed by atoms with Gasteiger partial charge in [0, 0.05) is 0 Å². The molecule has 0 fully saturated rings. The number of rotatable bonds is 4. The van der Waals surface area contributed by atoms with Gasteiger partial charge in [-0.1, -0.05) is 0 Å². The minimum absolute atomic E-state index is 0.0807. The van der Waals surface area contributed by atoms with E-state index < -0.39 is 21.3 Å². The van der Waals surface area contributed by atoms with Crippen LogP contribution in [0.2, 0.25) is 3.63 Å². The molecule has 0 aliphatic heterocycles. The summed E-state index contributed by atoms with van der Waals surface area (Å²) >= 11 is 4.92. The second-order valence-corrected chi connectivity index (χ2v) is 22.9. The van der Waals surface area contributed by atoms with Gasteiger partial charge in [0.1, 0.15) is 0 Å². The van der Waals surface area contributed by atoms with Crippen LogP contribution in [0.1, 0.15) is 89.7 Å². The topological polar surface area (TPSA) is 0 Å². The van der Waals surface area contributed by atoms with E-state index in [-0.39, 0.29) is 10.8 Å². The van der Waals surface area contributed by atoms with Crippen LogP contribution in [0.15, 0.2) is 106 Å². The SMILES string of the molecule is Cc1cc2c(cc1C(C)(C)C)-c1cc(C(C)(C)C)c(C)cc1[CH]2[Zr](=[C](c1cccc(Br)c1)c1cccc(Br)c1)[CH]1C=CC=C1. The van der Waals surface area contributed by atoms with Gasteiger partial charge < -0.3 is 0 Å². The molecule has 0 N–H and O–H groups in total. The zero-order valence-corrected chi connectivity index (χ0v) is 32.8. The molecule has 0 radical (unpaired) electrons. The minimum atomic E-state index is -2.74. The second-order valence-electron chi connectivity index (χ2n) is 14.6. The predicted molar refractivity (Wildman–Crippen MR) is 194 cm³/mol. The molecular weight excluding hydrogens is 743 g/mol. The van der Waals surface area contributed by atoms with Gasteiger partial charge in [0.2, 0.25) is 0 Å². The maximum atomic E-state index is 3.83. The number of allylic oxidation sites excluding steroid dienone is 4. The van der Waals surface area contributed by atoms with Crippen LogP contribution in [0.5, 0.6) is 0 Å². The van der Waals surface area contributed by atoms with Crippen molar-refractivity contribution in [1.29, 1.82) is 0 Å². The molecule has 0 nitrogen and oxygen atoms in total. The van der Waals surface area contributed by atoms with Gasteiger partial charge >= 0.3 is 291 Å². The van der Waals surface area contributed by atoms with E-state index in [4.69, 9.17) is 0 Å². The summed E-state index contributed by atoms with van der Waals surface area (Å²) in [5.74, 6) is 0. The zero-order valence-electron chi connectivity index (χ0n) is 27.1. The Morgan fingerprint density at radius 1 is 0.614 bits per heavy atom. The molecule has 4 aromatic rings. The van der Waals surface area contributed by atoms with E-state index in [2.05, 4.69) is 184 Å². The van der Waals surface area contributed by atoms with Crippen LogP contribution in [0.4, 0.5) is 0 Å². The third-order valence-electron chi connectivity index (χ3n) is 9.25. The van der Waals surface area contributed by atoms with Crippen molar-refractivity contribution in [3.8, 4) is 11.1 Å². The average molecular weight is 786 g/mol. The Bertz CT molecular complexity index is 1740. The molecule has 6 rings (SSSR count). The Morgan fingerprint density at radius 3 is 1.43 bits per heavy atom. The molecule has 224 valence electrons. The Morgan fingerprint density at radius 2 is 1.05 bits per heavy atom. The monoisotopic (exact) mass is 782 g/mol. The number of halogens is 2. The fraction of sp³-hybridized carbons (Fsp3) is 0.293. The van der Waals surface area contributed by atoms with Crippen molar-refractivity contribution >= 4 is 35.1 Å². The zero-order chi connectivity index (χ0) is 31.6. The third-order valence-corrected chi connectivity index (χ3v) is 18.8. The summed E-state index contributed by atoms with van der Waals surface area (Å²) in [7, 11) is 0. The van der Waals surface area contributed by atoms with E-state index in [0.717, 1.165) is 8.95 Å². The molecule has 44 heavy (non-hydrogen) atoms. The van der Waals surface area contributed by atoms with Crippen LogP contribution >= 0.6 is 31.9 Å². The Balaban J connectivity index is 1.77. The molecule has 0 saturated carbocycles. The summed E-state index contributed by atoms with van der Waals surface area (Å²) < 4.78 is 4.69. The summed E-state index contributed by atoms with van der Waals surface area (Å²) in [6, 6.07) is 28.3. The normalized spacial score (nSPS) is 14.7. The summed E-state index contributed by atoms with van der Waals surface area (Å²) in [6.45, 7) is 18.8. The van der Waals surface area contributed by atoms with Crippen molar-refractivity contribution < 1.29 is 21.3 Å². The van der Waals surface area contributed by atoms with Crippen LogP contribution in [0.25, 0.3) is 11.1 Å². The quantitative estimate of drug-likeness (QED) is 0.193. The third kappa shape index (κ3) is 5.99. The molecule has 0 bridgehead atoms. The van der Waals surface area contributed by atoms with E-state index in [1.165, 1.54) is 44.5 Å². The molecule has 0 spiro atoms. The van der Waals surface area contributed by atoms with Gasteiger partial charge in [-0.2, -0.15) is 0 Å². The van der Waals surface area contributed by atoms with Gasteiger partial charge in [-0.05, 0) is 0 Å². The molecule has 2 aliphatic rings. The molecule has 0 amide bonds. The van der Waals surface area contributed by atoms with Gasteiger partial charge in [0.15, 0.2) is 0 Å². The van der Waals surface area contributed by atoms with Gasteiger partial charge in [0.05, 0.1) is 0 Å². The molecule has 4 aromatic carbocycles. The van der Waals surface area contributed by atoms with Gasteiger partial charge in [0.25, 0.3) is 0 Å². The number of fused-ring (bicyclic) bond motifs is 3. The molecule has 3 heteroatoms. The first-order chi connectivity index (χ1) is 20.7. The molecule has 2 aliphatic carbocycles. The van der Waals surface area contributed by atoms with Crippen molar-refractivity contribution in [2.24, 2.45) is 0 Å². The number of hydrogen-bond donors (Lipinski definition) is 0. The van der Waals surface area contributed by atoms with Crippen LogP contribution < -0.4 is 0 Å². The summed E-state index contributed by atoms with van der Waals surface area (Å²) in [6.07, 6.45) is 9.55. The van der Waals surface area contributed by atoms with Crippen molar-refractivity contribution in [3.05, 3.63) is 151 Å². The van der Waals surface area contributed by atoms with E-state index in [0.29, 0.717) is 7.25 Å². The first-order valence-electron chi connectivity index (χ1n) is 15.7. The van der Waals surface area contributed by atoms with Crippen molar-refractivity contribution in [3.63, 3.8) is 0 Å². The standard InChI is InChI=1S/C23H29.C13H8Br2.C5H5.Zr/c1-14-9-16-11-17-10-15(2)21(23(6,7)8)13-19(17)18(16)12-20(14)22(3,4)5;14-12-5-1-3-10(8-12)7-11-4-2-6-13(15)9-11;1-2-4-5-3-1;/h9-13H,1-8H3;1-6,8-9H;1-5H;. The van der Waals surface area contributed by atoms with Gasteiger partial charge in [-0.25, -0.2) is 0 Å². The predicted octanol–water partition coefficient (Wildman–Crippen LogP) is 12.3. The average Bonchev–Trinajstić information content (AvgIpc) is 3.56. The fourth-order valence-electron chi connectivity index (χ4n) is 7.45. The van der Waals surface area contributed by atoms with Crippen molar-refractivity contribution in [2.75, 3.05) is 0 Å². The molecule has 0 atom stereocenters. The number of hydrogen-bond acceptors (Lipinski definition) is 0. The van der Waals surface area contributed by atoms with Crippen molar-refractivity contribution in [1.82, 2.24) is 0 Å². The van der Waals surface area contributed by atoms with Crippen LogP contribution in [0, 0.1) is 13.8 Å². The second kappa shape index (κ2) is 12.0. The van der Waals surface area contributed by atoms with E-state index in [1.807, 2.05) is 0 Å². The van der Waals surface area contributed by atoms with E-state index in [1.54, 1.807) is 14.3 Å². The molecule has 0 heterocycles. The van der Waals surface area contributed by atoms with E-state index in [9.17, 15) is 0 Å². The van der Waals surface area contributed by atoms with Crippen LogP contribution in [-0.4, -0.2) is 3.21 Å². The fourth-order valence-corrected chi connectivity index (χ4v) is 17.5. The number of aryl methyl sites for hydroxylation is 2. The summed E-state index contributed by atoms with van der Waals surface area (Å²) in [4.78, 5) is 0. The molecule has 0 saturated heterocycles. The van der Waals surface area contributed by atoms with Crippen molar-refractivity contribution in [2.45, 2.75) is 73.5 Å².